The molecule has 0 atom stereocenters. The molecule has 2 aliphatic heterocycles. The van der Waals surface area contributed by atoms with Crippen LogP contribution < -0.4 is 0 Å². The Kier molecular flexibility index (Phi) is 2.02. The lowest BCUT2D eigenvalue weighted by molar-refractivity contribution is -0.0127. The van der Waals surface area contributed by atoms with E-state index in [1.54, 1.807) is 0 Å². The highest BCUT2D eigenvalue weighted by Gasteiger charge is 2.45. The standard InChI is InChI=1S/C12H12O2S/c13-11-9-3-1-2-4-10(9)12(14-11)5-7-15-8-6-12/h1-4H,5-8H2. The molecule has 0 amide bonds. The number of hydrogen-bond donors (Lipinski definition) is 0. The minimum Gasteiger partial charge on any atom is -0.450 e. The van der Waals surface area contributed by atoms with Gasteiger partial charge in [0.2, 0.25) is 0 Å². The molecule has 15 heavy (non-hydrogen) atoms. The van der Waals surface area contributed by atoms with Crippen LogP contribution in [0.2, 0.25) is 0 Å². The monoisotopic (exact) mass is 220 g/mol. The second-order valence-corrected chi connectivity index (χ2v) is 5.27. The lowest BCUT2D eigenvalue weighted by Gasteiger charge is -2.32. The smallest absolute Gasteiger partial charge is 0.339 e. The SMILES string of the molecule is O=C1OC2(CCSCC2)c2ccccc21. The molecule has 1 aromatic rings. The third-order valence-electron chi connectivity index (χ3n) is 3.23. The largest absolute Gasteiger partial charge is 0.450 e. The van der Waals surface area contributed by atoms with Crippen LogP contribution in [-0.4, -0.2) is 17.5 Å². The van der Waals surface area contributed by atoms with Crippen LogP contribution >= 0.6 is 11.8 Å². The van der Waals surface area contributed by atoms with Crippen LogP contribution in [0.25, 0.3) is 0 Å². The van der Waals surface area contributed by atoms with Crippen molar-refractivity contribution in [2.45, 2.75) is 18.4 Å². The minimum atomic E-state index is -0.293. The Morgan fingerprint density at radius 1 is 1.20 bits per heavy atom. The van der Waals surface area contributed by atoms with E-state index in [1.807, 2.05) is 36.0 Å². The van der Waals surface area contributed by atoms with Crippen molar-refractivity contribution in [3.63, 3.8) is 0 Å². The molecule has 78 valence electrons. The molecule has 0 unspecified atom stereocenters. The number of thioether (sulfide) groups is 1. The van der Waals surface area contributed by atoms with Gasteiger partial charge in [-0.3, -0.25) is 0 Å². The van der Waals surface area contributed by atoms with Gasteiger partial charge in [-0.1, -0.05) is 18.2 Å². The van der Waals surface area contributed by atoms with Crippen LogP contribution in [0.5, 0.6) is 0 Å². The topological polar surface area (TPSA) is 26.3 Å². The maximum Gasteiger partial charge on any atom is 0.339 e. The summed E-state index contributed by atoms with van der Waals surface area (Å²) < 4.78 is 5.61. The summed E-state index contributed by atoms with van der Waals surface area (Å²) in [6.45, 7) is 0. The molecule has 1 spiro atoms. The van der Waals surface area contributed by atoms with Crippen LogP contribution in [0.3, 0.4) is 0 Å². The summed E-state index contributed by atoms with van der Waals surface area (Å²) in [5.41, 5.74) is 1.58. The Labute approximate surface area is 93.0 Å². The van der Waals surface area contributed by atoms with E-state index in [2.05, 4.69) is 0 Å². The van der Waals surface area contributed by atoms with Gasteiger partial charge in [0, 0.05) is 18.4 Å². The highest BCUT2D eigenvalue weighted by atomic mass is 32.2. The molecule has 2 heterocycles. The third kappa shape index (κ3) is 1.29. The first-order valence-corrected chi connectivity index (χ1v) is 6.38. The van der Waals surface area contributed by atoms with Gasteiger partial charge in [0.1, 0.15) is 5.60 Å². The summed E-state index contributed by atoms with van der Waals surface area (Å²) >= 11 is 1.94. The summed E-state index contributed by atoms with van der Waals surface area (Å²) in [5.74, 6) is 2.03. The Morgan fingerprint density at radius 2 is 1.93 bits per heavy atom. The lowest BCUT2D eigenvalue weighted by Crippen LogP contribution is -2.30. The van der Waals surface area contributed by atoms with Crippen molar-refractivity contribution in [1.29, 1.82) is 0 Å². The number of rotatable bonds is 0. The minimum absolute atomic E-state index is 0.141. The van der Waals surface area contributed by atoms with Gasteiger partial charge >= 0.3 is 5.97 Å². The van der Waals surface area contributed by atoms with Gasteiger partial charge in [-0.2, -0.15) is 11.8 Å². The van der Waals surface area contributed by atoms with E-state index in [1.165, 1.54) is 0 Å². The fourth-order valence-corrected chi connectivity index (χ4v) is 3.57. The number of carbonyl (C=O) groups is 1. The van der Waals surface area contributed by atoms with Gasteiger partial charge in [0.25, 0.3) is 0 Å². The van der Waals surface area contributed by atoms with Crippen molar-refractivity contribution in [3.8, 4) is 0 Å². The van der Waals surface area contributed by atoms with Gasteiger partial charge in [-0.05, 0) is 17.6 Å². The first-order chi connectivity index (χ1) is 7.32. The molecule has 0 radical (unpaired) electrons. The van der Waals surface area contributed by atoms with Crippen LogP contribution in [0.1, 0.15) is 28.8 Å². The maximum absolute atomic E-state index is 11.7. The summed E-state index contributed by atoms with van der Waals surface area (Å²) in [6, 6.07) is 7.80. The zero-order valence-corrected chi connectivity index (χ0v) is 9.18. The predicted molar refractivity (Wildman–Crippen MR) is 60.1 cm³/mol. The quantitative estimate of drug-likeness (QED) is 0.629. The Balaban J connectivity index is 2.10. The number of hydrogen-bond acceptors (Lipinski definition) is 3. The number of esters is 1. The van der Waals surface area contributed by atoms with Crippen LogP contribution in [0.15, 0.2) is 24.3 Å². The van der Waals surface area contributed by atoms with Crippen LogP contribution in [-0.2, 0) is 10.3 Å². The number of fused-ring (bicyclic) bond motifs is 2. The van der Waals surface area contributed by atoms with E-state index in [9.17, 15) is 4.79 Å². The fourth-order valence-electron chi connectivity index (χ4n) is 2.42. The molecular formula is C12H12O2S. The third-order valence-corrected chi connectivity index (χ3v) is 4.21. The van der Waals surface area contributed by atoms with Crippen LogP contribution in [0, 0.1) is 0 Å². The average molecular weight is 220 g/mol. The van der Waals surface area contributed by atoms with Crippen molar-refractivity contribution in [2.75, 3.05) is 11.5 Å². The molecule has 2 nitrogen and oxygen atoms in total. The van der Waals surface area contributed by atoms with Crippen molar-refractivity contribution < 1.29 is 9.53 Å². The summed E-state index contributed by atoms with van der Waals surface area (Å²) in [4.78, 5) is 11.7. The van der Waals surface area contributed by atoms with Gasteiger partial charge in [0.05, 0.1) is 5.56 Å². The van der Waals surface area contributed by atoms with Crippen LogP contribution in [0.4, 0.5) is 0 Å². The zero-order chi connectivity index (χ0) is 10.3. The van der Waals surface area contributed by atoms with E-state index >= 15 is 0 Å². The molecule has 1 aromatic carbocycles. The number of carbonyl (C=O) groups excluding carboxylic acids is 1. The highest BCUT2D eigenvalue weighted by molar-refractivity contribution is 7.99. The molecule has 0 aromatic heterocycles. The van der Waals surface area contributed by atoms with Crippen molar-refractivity contribution in [1.82, 2.24) is 0 Å². The van der Waals surface area contributed by atoms with E-state index in [4.69, 9.17) is 4.74 Å². The van der Waals surface area contributed by atoms with Crippen molar-refractivity contribution in [2.24, 2.45) is 0 Å². The molecule has 0 saturated carbocycles. The lowest BCUT2D eigenvalue weighted by atomic mass is 9.87. The molecule has 3 heteroatoms. The zero-order valence-electron chi connectivity index (χ0n) is 8.36. The fraction of sp³-hybridized carbons (Fsp3) is 0.417. The molecule has 0 aliphatic carbocycles. The summed E-state index contributed by atoms with van der Waals surface area (Å²) in [5, 5.41) is 0. The Bertz CT molecular complexity index is 408. The van der Waals surface area contributed by atoms with E-state index in [-0.39, 0.29) is 11.6 Å². The van der Waals surface area contributed by atoms with Gasteiger partial charge < -0.3 is 4.74 Å². The first-order valence-electron chi connectivity index (χ1n) is 5.22. The second-order valence-electron chi connectivity index (χ2n) is 4.04. The van der Waals surface area contributed by atoms with Crippen molar-refractivity contribution >= 4 is 17.7 Å². The van der Waals surface area contributed by atoms with Gasteiger partial charge in [-0.15, -0.1) is 0 Å². The van der Waals surface area contributed by atoms with Gasteiger partial charge in [0.15, 0.2) is 0 Å². The molecule has 0 N–H and O–H groups in total. The Hall–Kier alpha value is -0.960. The van der Waals surface area contributed by atoms with E-state index < -0.39 is 0 Å². The molecule has 3 rings (SSSR count). The highest BCUT2D eigenvalue weighted by Crippen LogP contribution is 2.45. The normalized spacial score (nSPS) is 22.5. The van der Waals surface area contributed by atoms with Gasteiger partial charge in [-0.25, -0.2) is 4.79 Å². The molecule has 0 bridgehead atoms. The van der Waals surface area contributed by atoms with E-state index in [0.717, 1.165) is 35.5 Å². The molecule has 1 fully saturated rings. The number of benzene rings is 1. The average Bonchev–Trinajstić information content (AvgIpc) is 2.55. The predicted octanol–water partition coefficient (Wildman–Crippen LogP) is 2.58. The van der Waals surface area contributed by atoms with E-state index in [0.29, 0.717) is 0 Å². The first kappa shape index (κ1) is 9.28. The maximum atomic E-state index is 11.7. The second kappa shape index (κ2) is 3.27. The van der Waals surface area contributed by atoms with Crippen molar-refractivity contribution in [3.05, 3.63) is 35.4 Å². The summed E-state index contributed by atoms with van der Waals surface area (Å²) in [7, 11) is 0. The number of ether oxygens (including phenoxy) is 1. The molecule has 1 saturated heterocycles. The summed E-state index contributed by atoms with van der Waals surface area (Å²) in [6.07, 6.45) is 1.92. The molecule has 2 aliphatic rings. The molecular weight excluding hydrogens is 208 g/mol. The Morgan fingerprint density at radius 3 is 2.73 bits per heavy atom.